The van der Waals surface area contributed by atoms with Crippen molar-refractivity contribution >= 4 is 40.7 Å². The van der Waals surface area contributed by atoms with Crippen LogP contribution in [0.2, 0.25) is 5.02 Å². The number of halogens is 1. The van der Waals surface area contributed by atoms with E-state index >= 15 is 0 Å². The molecule has 0 atom stereocenters. The highest BCUT2D eigenvalue weighted by Gasteiger charge is 2.10. The van der Waals surface area contributed by atoms with Crippen LogP contribution in [-0.2, 0) is 16.0 Å². The third-order valence-electron chi connectivity index (χ3n) is 4.48. The molecule has 0 saturated heterocycles. The number of hydrazine groups is 1. The number of amides is 2. The van der Waals surface area contributed by atoms with Crippen LogP contribution in [0.25, 0.3) is 11.1 Å². The van der Waals surface area contributed by atoms with Crippen LogP contribution in [0.1, 0.15) is 12.0 Å². The number of para-hydroxylation sites is 1. The van der Waals surface area contributed by atoms with Crippen molar-refractivity contribution in [3.8, 4) is 16.9 Å². The molecule has 2 amide bonds. The average molecular weight is 468 g/mol. The molecule has 0 aliphatic heterocycles. The van der Waals surface area contributed by atoms with Gasteiger partial charge in [0.25, 0.3) is 5.91 Å². The van der Waals surface area contributed by atoms with E-state index in [0.717, 1.165) is 16.7 Å². The number of carbonyl (C=O) groups is 2. The maximum atomic E-state index is 12.1. The van der Waals surface area contributed by atoms with Crippen molar-refractivity contribution in [3.05, 3.63) is 89.4 Å². The third-order valence-corrected chi connectivity index (χ3v) is 5.05. The number of nitrogens with one attached hydrogen (secondary N) is 3. The lowest BCUT2D eigenvalue weighted by atomic mass is 10.1. The third kappa shape index (κ3) is 7.08. The highest BCUT2D eigenvalue weighted by molar-refractivity contribution is 7.80. The van der Waals surface area contributed by atoms with Gasteiger partial charge in [0.15, 0.2) is 11.7 Å². The summed E-state index contributed by atoms with van der Waals surface area (Å²) in [5, 5.41) is 3.12. The van der Waals surface area contributed by atoms with Gasteiger partial charge in [-0.25, -0.2) is 0 Å². The van der Waals surface area contributed by atoms with Gasteiger partial charge in [-0.1, -0.05) is 78.3 Å². The summed E-state index contributed by atoms with van der Waals surface area (Å²) in [6.07, 6.45) is 0.689. The molecular formula is C24H22ClN3O3S. The molecule has 0 aliphatic rings. The Labute approximate surface area is 196 Å². The molecule has 0 spiro atoms. The van der Waals surface area contributed by atoms with Crippen LogP contribution >= 0.6 is 23.8 Å². The Morgan fingerprint density at radius 2 is 1.53 bits per heavy atom. The molecule has 6 nitrogen and oxygen atoms in total. The van der Waals surface area contributed by atoms with Gasteiger partial charge in [-0.3, -0.25) is 20.4 Å². The summed E-state index contributed by atoms with van der Waals surface area (Å²) in [7, 11) is 0. The van der Waals surface area contributed by atoms with Crippen molar-refractivity contribution in [2.45, 2.75) is 12.8 Å². The van der Waals surface area contributed by atoms with E-state index in [1.165, 1.54) is 0 Å². The van der Waals surface area contributed by atoms with Gasteiger partial charge in [0.1, 0.15) is 5.75 Å². The Morgan fingerprint density at radius 1 is 0.844 bits per heavy atom. The van der Waals surface area contributed by atoms with Crippen molar-refractivity contribution in [2.24, 2.45) is 0 Å². The molecule has 0 unspecified atom stereocenters. The van der Waals surface area contributed by atoms with Crippen LogP contribution in [0.4, 0.5) is 0 Å². The molecule has 3 N–H and O–H groups in total. The summed E-state index contributed by atoms with van der Waals surface area (Å²) < 4.78 is 5.67. The molecule has 0 aromatic heterocycles. The number of hydrogen-bond donors (Lipinski definition) is 3. The van der Waals surface area contributed by atoms with Crippen LogP contribution in [0, 0.1) is 0 Å². The van der Waals surface area contributed by atoms with Gasteiger partial charge in [0.2, 0.25) is 5.91 Å². The van der Waals surface area contributed by atoms with Crippen molar-refractivity contribution in [1.82, 2.24) is 16.2 Å². The zero-order valence-corrected chi connectivity index (χ0v) is 18.7. The monoisotopic (exact) mass is 467 g/mol. The first-order chi connectivity index (χ1) is 15.5. The Kier molecular flexibility index (Phi) is 8.60. The quantitative estimate of drug-likeness (QED) is 0.361. The van der Waals surface area contributed by atoms with Crippen LogP contribution < -0.4 is 20.9 Å². The minimum Gasteiger partial charge on any atom is -0.483 e. The summed E-state index contributed by atoms with van der Waals surface area (Å²) in [5.74, 6) is -0.144. The summed E-state index contributed by atoms with van der Waals surface area (Å²) in [6.45, 7) is -0.222. The van der Waals surface area contributed by atoms with E-state index in [2.05, 4.69) is 16.2 Å². The standard InChI is InChI=1S/C24H22ClN3O3S/c25-20-12-6-4-10-18(20)14-15-22(29)26-24(32)28-27-23(30)16-31-21-13-7-5-11-19(21)17-8-2-1-3-9-17/h1-13H,14-16H2,(H,27,30)(H2,26,28,29,32). The lowest BCUT2D eigenvalue weighted by Gasteiger charge is -2.13. The zero-order chi connectivity index (χ0) is 22.8. The minimum absolute atomic E-state index is 0.00723. The van der Waals surface area contributed by atoms with Gasteiger partial charge >= 0.3 is 0 Å². The summed E-state index contributed by atoms with van der Waals surface area (Å²) in [5.41, 5.74) is 7.66. The maximum absolute atomic E-state index is 12.1. The molecule has 164 valence electrons. The molecule has 0 aliphatic carbocycles. The number of carbonyl (C=O) groups excluding carboxylic acids is 2. The smallest absolute Gasteiger partial charge is 0.276 e. The van der Waals surface area contributed by atoms with E-state index in [9.17, 15) is 9.59 Å². The molecule has 8 heteroatoms. The number of benzene rings is 3. The fraction of sp³-hybridized carbons (Fsp3) is 0.125. The molecule has 0 bridgehead atoms. The van der Waals surface area contributed by atoms with Crippen molar-refractivity contribution in [2.75, 3.05) is 6.61 Å². The molecular weight excluding hydrogens is 446 g/mol. The normalized spacial score (nSPS) is 10.2. The Hall–Kier alpha value is -3.42. The van der Waals surface area contributed by atoms with E-state index in [1.807, 2.05) is 66.7 Å². The number of aryl methyl sites for hydroxylation is 1. The van der Waals surface area contributed by atoms with E-state index < -0.39 is 5.91 Å². The lowest BCUT2D eigenvalue weighted by molar-refractivity contribution is -0.124. The molecule has 32 heavy (non-hydrogen) atoms. The molecule has 0 radical (unpaired) electrons. The largest absolute Gasteiger partial charge is 0.483 e. The van der Waals surface area contributed by atoms with E-state index in [-0.39, 0.29) is 24.0 Å². The lowest BCUT2D eigenvalue weighted by Crippen LogP contribution is -2.49. The zero-order valence-electron chi connectivity index (χ0n) is 17.1. The molecule has 3 aromatic carbocycles. The second-order valence-electron chi connectivity index (χ2n) is 6.79. The predicted octanol–water partition coefficient (Wildman–Crippen LogP) is 4.04. The van der Waals surface area contributed by atoms with Crippen molar-refractivity contribution < 1.29 is 14.3 Å². The van der Waals surface area contributed by atoms with Gasteiger partial charge in [-0.05, 0) is 41.9 Å². The van der Waals surface area contributed by atoms with Gasteiger partial charge in [-0.15, -0.1) is 0 Å². The Bertz CT molecular complexity index is 1090. The van der Waals surface area contributed by atoms with Crippen LogP contribution in [0.5, 0.6) is 5.75 Å². The number of rotatable bonds is 7. The Morgan fingerprint density at radius 3 is 2.31 bits per heavy atom. The van der Waals surface area contributed by atoms with E-state index in [4.69, 9.17) is 28.6 Å². The number of thiocarbonyl (C=S) groups is 1. The molecule has 0 saturated carbocycles. The first-order valence-corrected chi connectivity index (χ1v) is 10.7. The van der Waals surface area contributed by atoms with Gasteiger partial charge < -0.3 is 10.1 Å². The molecule has 3 rings (SSSR count). The number of hydrogen-bond acceptors (Lipinski definition) is 4. The molecule has 0 heterocycles. The van der Waals surface area contributed by atoms with Gasteiger partial charge in [0, 0.05) is 17.0 Å². The fourth-order valence-electron chi connectivity index (χ4n) is 2.92. The molecule has 3 aromatic rings. The second kappa shape index (κ2) is 11.8. The van der Waals surface area contributed by atoms with Crippen molar-refractivity contribution in [3.63, 3.8) is 0 Å². The topological polar surface area (TPSA) is 79.5 Å². The van der Waals surface area contributed by atoms with Gasteiger partial charge in [0.05, 0.1) is 0 Å². The first-order valence-electron chi connectivity index (χ1n) is 9.92. The first kappa shape index (κ1) is 23.2. The van der Waals surface area contributed by atoms with Crippen LogP contribution in [-0.4, -0.2) is 23.5 Å². The highest BCUT2D eigenvalue weighted by atomic mass is 35.5. The SMILES string of the molecule is O=C(COc1ccccc1-c1ccccc1)NNC(=S)NC(=O)CCc1ccccc1Cl. The van der Waals surface area contributed by atoms with Crippen molar-refractivity contribution in [1.29, 1.82) is 0 Å². The number of ether oxygens (including phenoxy) is 1. The summed E-state index contributed by atoms with van der Waals surface area (Å²) >= 11 is 11.1. The molecule has 0 fully saturated rings. The van der Waals surface area contributed by atoms with Gasteiger partial charge in [-0.2, -0.15) is 0 Å². The van der Waals surface area contributed by atoms with Crippen LogP contribution in [0.15, 0.2) is 78.9 Å². The van der Waals surface area contributed by atoms with Crippen LogP contribution in [0.3, 0.4) is 0 Å². The second-order valence-corrected chi connectivity index (χ2v) is 7.61. The summed E-state index contributed by atoms with van der Waals surface area (Å²) in [6, 6.07) is 24.5. The average Bonchev–Trinajstić information content (AvgIpc) is 2.81. The van der Waals surface area contributed by atoms with E-state index in [0.29, 0.717) is 17.2 Å². The Balaban J connectivity index is 1.41. The van der Waals surface area contributed by atoms with E-state index in [1.54, 1.807) is 12.1 Å². The minimum atomic E-state index is -0.444. The summed E-state index contributed by atoms with van der Waals surface area (Å²) in [4.78, 5) is 24.2. The highest BCUT2D eigenvalue weighted by Crippen LogP contribution is 2.29. The fourth-order valence-corrected chi connectivity index (χ4v) is 3.32. The predicted molar refractivity (Wildman–Crippen MR) is 129 cm³/mol. The maximum Gasteiger partial charge on any atom is 0.276 e.